The lowest BCUT2D eigenvalue weighted by molar-refractivity contribution is -0.119. The van der Waals surface area contributed by atoms with Crippen LogP contribution in [0.5, 0.6) is 0 Å². The van der Waals surface area contributed by atoms with E-state index in [1.165, 1.54) is 13.0 Å². The molecule has 1 amide bonds. The first-order chi connectivity index (χ1) is 10.9. The van der Waals surface area contributed by atoms with E-state index in [1.54, 1.807) is 0 Å². The molecule has 1 aliphatic carbocycles. The SMILES string of the molecule is CC(C(=O)Nc1cc(=O)[nH]c(=O)[nH]1)n1nc2c(cc1=O)CCC2. The number of rotatable bonds is 3. The molecule has 3 rings (SSSR count). The molecule has 2 aromatic rings. The molecule has 0 saturated carbocycles. The van der Waals surface area contributed by atoms with Gasteiger partial charge in [-0.3, -0.25) is 24.4 Å². The minimum atomic E-state index is -0.879. The van der Waals surface area contributed by atoms with Crippen LogP contribution in [-0.4, -0.2) is 25.7 Å². The second-order valence-electron chi connectivity index (χ2n) is 5.42. The molecule has 0 aliphatic heterocycles. The summed E-state index contributed by atoms with van der Waals surface area (Å²) in [6.45, 7) is 1.52. The Labute approximate surface area is 129 Å². The predicted molar refractivity (Wildman–Crippen MR) is 81.5 cm³/mol. The first-order valence-corrected chi connectivity index (χ1v) is 7.20. The van der Waals surface area contributed by atoms with Crippen LogP contribution < -0.4 is 22.1 Å². The summed E-state index contributed by atoms with van der Waals surface area (Å²) in [5, 5.41) is 6.66. The van der Waals surface area contributed by atoms with Crippen molar-refractivity contribution in [3.05, 3.63) is 54.6 Å². The van der Waals surface area contributed by atoms with Gasteiger partial charge >= 0.3 is 5.69 Å². The number of nitrogens with zero attached hydrogens (tertiary/aromatic N) is 2. The lowest BCUT2D eigenvalue weighted by Gasteiger charge is -2.14. The number of nitrogens with one attached hydrogen (secondary N) is 3. The molecule has 9 heteroatoms. The zero-order valence-corrected chi connectivity index (χ0v) is 12.4. The average Bonchev–Trinajstić information content (AvgIpc) is 2.91. The number of anilines is 1. The molecule has 2 heterocycles. The maximum absolute atomic E-state index is 12.2. The number of hydrogen-bond acceptors (Lipinski definition) is 5. The number of H-pyrrole nitrogens is 2. The van der Waals surface area contributed by atoms with Gasteiger partial charge in [0.1, 0.15) is 11.9 Å². The van der Waals surface area contributed by atoms with E-state index in [4.69, 9.17) is 0 Å². The zero-order chi connectivity index (χ0) is 16.6. The second kappa shape index (κ2) is 5.67. The Morgan fingerprint density at radius 1 is 1.26 bits per heavy atom. The van der Waals surface area contributed by atoms with Gasteiger partial charge in [-0.25, -0.2) is 9.48 Å². The van der Waals surface area contributed by atoms with Gasteiger partial charge in [0.25, 0.3) is 11.1 Å². The highest BCUT2D eigenvalue weighted by atomic mass is 16.2. The number of aromatic amines is 2. The van der Waals surface area contributed by atoms with E-state index < -0.39 is 23.2 Å². The van der Waals surface area contributed by atoms with Gasteiger partial charge < -0.3 is 5.32 Å². The van der Waals surface area contributed by atoms with E-state index in [0.29, 0.717) is 0 Å². The summed E-state index contributed by atoms with van der Waals surface area (Å²) in [6.07, 6.45) is 2.55. The zero-order valence-electron chi connectivity index (χ0n) is 12.4. The topological polar surface area (TPSA) is 130 Å². The first kappa shape index (κ1) is 14.9. The molecule has 3 N–H and O–H groups in total. The molecule has 0 bridgehead atoms. The van der Waals surface area contributed by atoms with Crippen LogP contribution in [0.1, 0.15) is 30.6 Å². The first-order valence-electron chi connectivity index (χ1n) is 7.20. The molecular formula is C14H15N5O4. The molecule has 9 nitrogen and oxygen atoms in total. The third-order valence-electron chi connectivity index (χ3n) is 3.75. The monoisotopic (exact) mass is 317 g/mol. The summed E-state index contributed by atoms with van der Waals surface area (Å²) in [5.41, 5.74) is 0.0390. The Balaban J connectivity index is 1.87. The van der Waals surface area contributed by atoms with Crippen molar-refractivity contribution in [2.75, 3.05) is 5.32 Å². The Hall–Kier alpha value is -2.97. The molecule has 2 aromatic heterocycles. The average molecular weight is 317 g/mol. The number of carbonyl (C=O) groups excluding carboxylic acids is 1. The van der Waals surface area contributed by atoms with Crippen LogP contribution in [0.25, 0.3) is 0 Å². The van der Waals surface area contributed by atoms with Gasteiger partial charge in [0.15, 0.2) is 0 Å². The molecule has 0 fully saturated rings. The summed E-state index contributed by atoms with van der Waals surface area (Å²) >= 11 is 0. The van der Waals surface area contributed by atoms with E-state index in [2.05, 4.69) is 15.4 Å². The Bertz CT molecular complexity index is 911. The molecule has 1 atom stereocenters. The fraction of sp³-hybridized carbons (Fsp3) is 0.357. The minimum Gasteiger partial charge on any atom is -0.310 e. The third kappa shape index (κ3) is 2.98. The highest BCUT2D eigenvalue weighted by molar-refractivity contribution is 5.92. The molecule has 0 radical (unpaired) electrons. The lowest BCUT2D eigenvalue weighted by atomic mass is 10.2. The number of hydrogen-bond donors (Lipinski definition) is 3. The summed E-state index contributed by atoms with van der Waals surface area (Å²) < 4.78 is 1.12. The summed E-state index contributed by atoms with van der Waals surface area (Å²) in [6, 6.07) is 1.68. The molecule has 23 heavy (non-hydrogen) atoms. The quantitative estimate of drug-likeness (QED) is 0.690. The maximum atomic E-state index is 12.2. The number of amides is 1. The standard InChI is InChI=1S/C14H15N5O4/c1-7(13(22)15-10-6-11(20)17-14(23)16-10)19-12(21)5-8-3-2-4-9(8)18-19/h5-7H,2-4H2,1H3,(H3,15,16,17,20,22,23). The van der Waals surface area contributed by atoms with Crippen molar-refractivity contribution < 1.29 is 4.79 Å². The van der Waals surface area contributed by atoms with Crippen molar-refractivity contribution in [2.45, 2.75) is 32.2 Å². The molecule has 1 aliphatic rings. The summed E-state index contributed by atoms with van der Waals surface area (Å²) in [7, 11) is 0. The van der Waals surface area contributed by atoms with Crippen molar-refractivity contribution in [2.24, 2.45) is 0 Å². The third-order valence-corrected chi connectivity index (χ3v) is 3.75. The molecule has 0 saturated heterocycles. The van der Waals surface area contributed by atoms with Crippen molar-refractivity contribution in [1.29, 1.82) is 0 Å². The second-order valence-corrected chi connectivity index (χ2v) is 5.42. The summed E-state index contributed by atoms with van der Waals surface area (Å²) in [4.78, 5) is 51.0. The fourth-order valence-corrected chi connectivity index (χ4v) is 2.58. The largest absolute Gasteiger partial charge is 0.327 e. The van der Waals surface area contributed by atoms with E-state index in [-0.39, 0.29) is 11.4 Å². The van der Waals surface area contributed by atoms with Gasteiger partial charge in [-0.15, -0.1) is 0 Å². The Morgan fingerprint density at radius 3 is 2.78 bits per heavy atom. The fourth-order valence-electron chi connectivity index (χ4n) is 2.58. The Kier molecular flexibility index (Phi) is 3.68. The molecule has 1 unspecified atom stereocenters. The maximum Gasteiger partial charge on any atom is 0.327 e. The van der Waals surface area contributed by atoms with Gasteiger partial charge in [0.2, 0.25) is 5.91 Å². The van der Waals surface area contributed by atoms with Gasteiger partial charge in [0, 0.05) is 12.1 Å². The highest BCUT2D eigenvalue weighted by Gasteiger charge is 2.21. The van der Waals surface area contributed by atoms with Gasteiger partial charge in [0.05, 0.1) is 5.69 Å². The summed E-state index contributed by atoms with van der Waals surface area (Å²) in [5.74, 6) is -0.594. The molecular weight excluding hydrogens is 302 g/mol. The number of aromatic nitrogens is 4. The smallest absolute Gasteiger partial charge is 0.310 e. The van der Waals surface area contributed by atoms with Gasteiger partial charge in [-0.05, 0) is 31.7 Å². The van der Waals surface area contributed by atoms with Crippen LogP contribution in [0, 0.1) is 0 Å². The van der Waals surface area contributed by atoms with Crippen molar-refractivity contribution >= 4 is 11.7 Å². The van der Waals surface area contributed by atoms with Crippen molar-refractivity contribution in [3.63, 3.8) is 0 Å². The normalized spacial score (nSPS) is 14.3. The van der Waals surface area contributed by atoms with Crippen LogP contribution in [0.3, 0.4) is 0 Å². The van der Waals surface area contributed by atoms with Crippen LogP contribution in [-0.2, 0) is 17.6 Å². The highest BCUT2D eigenvalue weighted by Crippen LogP contribution is 2.18. The van der Waals surface area contributed by atoms with E-state index in [9.17, 15) is 19.2 Å². The van der Waals surface area contributed by atoms with E-state index >= 15 is 0 Å². The molecule has 0 aromatic carbocycles. The molecule has 120 valence electrons. The van der Waals surface area contributed by atoms with Crippen LogP contribution >= 0.6 is 0 Å². The van der Waals surface area contributed by atoms with Crippen LogP contribution in [0.2, 0.25) is 0 Å². The predicted octanol–water partition coefficient (Wildman–Crippen LogP) is -0.692. The number of fused-ring (bicyclic) bond motifs is 1. The van der Waals surface area contributed by atoms with Crippen molar-refractivity contribution in [3.8, 4) is 0 Å². The molecule has 0 spiro atoms. The van der Waals surface area contributed by atoms with E-state index in [1.807, 2.05) is 4.98 Å². The lowest BCUT2D eigenvalue weighted by Crippen LogP contribution is -2.35. The van der Waals surface area contributed by atoms with Crippen LogP contribution in [0.4, 0.5) is 5.82 Å². The minimum absolute atomic E-state index is 0.0372. The number of aryl methyl sites for hydroxylation is 2. The van der Waals surface area contributed by atoms with E-state index in [0.717, 1.165) is 41.3 Å². The van der Waals surface area contributed by atoms with Crippen molar-refractivity contribution in [1.82, 2.24) is 19.7 Å². The van der Waals surface area contributed by atoms with Gasteiger partial charge in [-0.2, -0.15) is 5.10 Å². The Morgan fingerprint density at radius 2 is 2.04 bits per heavy atom. The van der Waals surface area contributed by atoms with Gasteiger partial charge in [-0.1, -0.05) is 0 Å². The number of carbonyl (C=O) groups is 1. The van der Waals surface area contributed by atoms with Crippen LogP contribution in [0.15, 0.2) is 26.5 Å².